The molecule has 0 N–H and O–H groups in total. The molecule has 0 aromatic heterocycles. The number of fused-ring (bicyclic) bond motifs is 1. The second-order valence-electron chi connectivity index (χ2n) is 6.39. The lowest BCUT2D eigenvalue weighted by molar-refractivity contribution is -0.142. The van der Waals surface area contributed by atoms with E-state index in [9.17, 15) is 14.4 Å². The SMILES string of the molecule is CCOC(=O)C=CC(=O)OCC(=O)C=C1N(C)c2ccccc2C1(C)C. The van der Waals surface area contributed by atoms with Gasteiger partial charge in [-0.1, -0.05) is 32.0 Å². The first-order chi connectivity index (χ1) is 12.3. The van der Waals surface area contributed by atoms with Crippen molar-refractivity contribution >= 4 is 23.4 Å². The maximum absolute atomic E-state index is 12.2. The van der Waals surface area contributed by atoms with Crippen molar-refractivity contribution in [3.63, 3.8) is 0 Å². The van der Waals surface area contributed by atoms with Gasteiger partial charge in [-0.05, 0) is 18.6 Å². The van der Waals surface area contributed by atoms with Gasteiger partial charge in [-0.15, -0.1) is 0 Å². The molecule has 0 aliphatic carbocycles. The van der Waals surface area contributed by atoms with Crippen molar-refractivity contribution in [2.24, 2.45) is 0 Å². The maximum Gasteiger partial charge on any atom is 0.331 e. The first kappa shape index (κ1) is 19.4. The highest BCUT2D eigenvalue weighted by Gasteiger charge is 2.38. The fourth-order valence-electron chi connectivity index (χ4n) is 2.97. The summed E-state index contributed by atoms with van der Waals surface area (Å²) >= 11 is 0. The van der Waals surface area contributed by atoms with Crippen LogP contribution in [0.25, 0.3) is 0 Å². The fraction of sp³-hybridized carbons (Fsp3) is 0.350. The average molecular weight is 357 g/mol. The highest BCUT2D eigenvalue weighted by atomic mass is 16.5. The van der Waals surface area contributed by atoms with Crippen LogP contribution >= 0.6 is 0 Å². The van der Waals surface area contributed by atoms with Gasteiger partial charge >= 0.3 is 11.9 Å². The van der Waals surface area contributed by atoms with E-state index in [-0.39, 0.29) is 17.8 Å². The van der Waals surface area contributed by atoms with Gasteiger partial charge in [-0.2, -0.15) is 0 Å². The zero-order valence-electron chi connectivity index (χ0n) is 15.4. The van der Waals surface area contributed by atoms with Crippen LogP contribution in [0.1, 0.15) is 26.3 Å². The van der Waals surface area contributed by atoms with Gasteiger partial charge in [0.05, 0.1) is 6.61 Å². The number of ketones is 1. The second kappa shape index (κ2) is 7.99. The van der Waals surface area contributed by atoms with Crippen molar-refractivity contribution in [1.82, 2.24) is 0 Å². The molecule has 1 heterocycles. The van der Waals surface area contributed by atoms with Crippen LogP contribution in [-0.4, -0.2) is 38.0 Å². The lowest BCUT2D eigenvalue weighted by Crippen LogP contribution is -2.25. The Labute approximate surface area is 153 Å². The minimum absolute atomic E-state index is 0.218. The third-order valence-electron chi connectivity index (χ3n) is 4.24. The van der Waals surface area contributed by atoms with E-state index < -0.39 is 18.5 Å². The van der Waals surface area contributed by atoms with Gasteiger partial charge < -0.3 is 14.4 Å². The Bertz CT molecular complexity index is 776. The number of nitrogens with zero attached hydrogens (tertiary/aromatic N) is 1. The Kier molecular flexibility index (Phi) is 5.97. The molecule has 1 aromatic rings. The molecule has 0 unspecified atom stereocenters. The Morgan fingerprint density at radius 1 is 1.08 bits per heavy atom. The largest absolute Gasteiger partial charge is 0.463 e. The van der Waals surface area contributed by atoms with Gasteiger partial charge in [0.25, 0.3) is 0 Å². The number of para-hydroxylation sites is 1. The summed E-state index contributed by atoms with van der Waals surface area (Å²) in [5, 5.41) is 0. The van der Waals surface area contributed by atoms with E-state index in [0.29, 0.717) is 0 Å². The summed E-state index contributed by atoms with van der Waals surface area (Å²) in [5.74, 6) is -1.73. The van der Waals surface area contributed by atoms with Crippen molar-refractivity contribution in [2.75, 3.05) is 25.2 Å². The van der Waals surface area contributed by atoms with Crippen LogP contribution in [0.3, 0.4) is 0 Å². The number of hydrogen-bond donors (Lipinski definition) is 0. The van der Waals surface area contributed by atoms with Gasteiger partial charge in [0.15, 0.2) is 12.4 Å². The third kappa shape index (κ3) is 4.20. The first-order valence-corrected chi connectivity index (χ1v) is 8.37. The Hall–Kier alpha value is -2.89. The topological polar surface area (TPSA) is 72.9 Å². The number of likely N-dealkylation sites (N-methyl/N-ethyl adjacent to an activating group) is 1. The minimum atomic E-state index is -0.771. The van der Waals surface area contributed by atoms with Crippen molar-refractivity contribution < 1.29 is 23.9 Å². The number of carbonyl (C=O) groups is 3. The van der Waals surface area contributed by atoms with Gasteiger partial charge in [0.2, 0.25) is 0 Å². The van der Waals surface area contributed by atoms with Crippen molar-refractivity contribution in [3.05, 3.63) is 53.8 Å². The summed E-state index contributed by atoms with van der Waals surface area (Å²) < 4.78 is 9.53. The zero-order valence-corrected chi connectivity index (χ0v) is 15.4. The quantitative estimate of drug-likeness (QED) is 0.575. The van der Waals surface area contributed by atoms with E-state index in [4.69, 9.17) is 4.74 Å². The van der Waals surface area contributed by atoms with Crippen molar-refractivity contribution in [3.8, 4) is 0 Å². The third-order valence-corrected chi connectivity index (χ3v) is 4.24. The Balaban J connectivity index is 2.01. The molecule has 0 amide bonds. The van der Waals surface area contributed by atoms with E-state index in [2.05, 4.69) is 4.74 Å². The number of benzene rings is 1. The number of esters is 2. The molecule has 138 valence electrons. The summed E-state index contributed by atoms with van der Waals surface area (Å²) in [7, 11) is 1.90. The van der Waals surface area contributed by atoms with Gasteiger partial charge in [-0.25, -0.2) is 9.59 Å². The standard InChI is InChI=1S/C20H23NO5/c1-5-25-18(23)10-11-19(24)26-13-14(22)12-17-20(2,3)15-8-6-7-9-16(15)21(17)4/h6-12H,5,13H2,1-4H3. The molecule has 0 radical (unpaired) electrons. The molecule has 0 atom stereocenters. The molecule has 0 saturated heterocycles. The number of hydrogen-bond acceptors (Lipinski definition) is 6. The highest BCUT2D eigenvalue weighted by Crippen LogP contribution is 2.46. The van der Waals surface area contributed by atoms with Crippen LogP contribution < -0.4 is 4.90 Å². The highest BCUT2D eigenvalue weighted by molar-refractivity contribution is 5.96. The molecule has 0 spiro atoms. The van der Waals surface area contributed by atoms with E-state index >= 15 is 0 Å². The number of rotatable bonds is 6. The Morgan fingerprint density at radius 2 is 1.69 bits per heavy atom. The maximum atomic E-state index is 12.2. The minimum Gasteiger partial charge on any atom is -0.463 e. The molecule has 0 bridgehead atoms. The lowest BCUT2D eigenvalue weighted by Gasteiger charge is -2.23. The normalized spacial score (nSPS) is 16.6. The van der Waals surface area contributed by atoms with Crippen LogP contribution in [0.4, 0.5) is 5.69 Å². The van der Waals surface area contributed by atoms with E-state index in [0.717, 1.165) is 29.1 Å². The van der Waals surface area contributed by atoms with E-state index in [1.165, 1.54) is 6.08 Å². The zero-order chi connectivity index (χ0) is 19.3. The van der Waals surface area contributed by atoms with Gasteiger partial charge in [0.1, 0.15) is 0 Å². The smallest absolute Gasteiger partial charge is 0.331 e. The summed E-state index contributed by atoms with van der Waals surface area (Å²) in [6.45, 7) is 5.58. The van der Waals surface area contributed by atoms with Crippen LogP contribution in [0.15, 0.2) is 48.2 Å². The van der Waals surface area contributed by atoms with E-state index in [1.807, 2.05) is 50.1 Å². The summed E-state index contributed by atoms with van der Waals surface area (Å²) in [6.07, 6.45) is 3.42. The molecule has 1 aliphatic heterocycles. The predicted molar refractivity (Wildman–Crippen MR) is 97.7 cm³/mol. The van der Waals surface area contributed by atoms with Crippen LogP contribution in [0.5, 0.6) is 0 Å². The van der Waals surface area contributed by atoms with Crippen LogP contribution in [0.2, 0.25) is 0 Å². The number of allylic oxidation sites excluding steroid dienone is 1. The molecule has 26 heavy (non-hydrogen) atoms. The first-order valence-electron chi connectivity index (χ1n) is 8.37. The molecule has 0 saturated carbocycles. The van der Waals surface area contributed by atoms with Crippen LogP contribution in [0, 0.1) is 0 Å². The number of anilines is 1. The summed E-state index contributed by atoms with van der Waals surface area (Å²) in [6, 6.07) is 7.96. The van der Waals surface area contributed by atoms with Crippen molar-refractivity contribution in [2.45, 2.75) is 26.2 Å². The summed E-state index contributed by atoms with van der Waals surface area (Å²) in [4.78, 5) is 36.9. The molecule has 6 nitrogen and oxygen atoms in total. The molecular weight excluding hydrogens is 334 g/mol. The Morgan fingerprint density at radius 3 is 2.31 bits per heavy atom. The number of carbonyl (C=O) groups excluding carboxylic acids is 3. The predicted octanol–water partition coefficient (Wildman–Crippen LogP) is 2.53. The second-order valence-corrected chi connectivity index (χ2v) is 6.39. The molecule has 2 rings (SSSR count). The van der Waals surface area contributed by atoms with Gasteiger partial charge in [-0.3, -0.25) is 4.79 Å². The van der Waals surface area contributed by atoms with Crippen molar-refractivity contribution in [1.29, 1.82) is 0 Å². The van der Waals surface area contributed by atoms with Gasteiger partial charge in [0, 0.05) is 42.1 Å². The molecule has 1 aliphatic rings. The van der Waals surface area contributed by atoms with E-state index in [1.54, 1.807) is 6.92 Å². The molecule has 6 heteroatoms. The summed E-state index contributed by atoms with van der Waals surface area (Å²) in [5.41, 5.74) is 2.69. The monoisotopic (exact) mass is 357 g/mol. The molecule has 1 aromatic carbocycles. The average Bonchev–Trinajstić information content (AvgIpc) is 2.80. The lowest BCUT2D eigenvalue weighted by atomic mass is 9.83. The van der Waals surface area contributed by atoms with Crippen LogP contribution in [-0.2, 0) is 29.3 Å². The fourth-order valence-corrected chi connectivity index (χ4v) is 2.97. The number of ether oxygens (including phenoxy) is 2. The molecule has 0 fully saturated rings. The molecular formula is C20H23NO5.